The van der Waals surface area contributed by atoms with E-state index in [0.29, 0.717) is 13.1 Å². The van der Waals surface area contributed by atoms with E-state index >= 15 is 0 Å². The smallest absolute Gasteiger partial charge is 0.326 e. The van der Waals surface area contributed by atoms with Crippen molar-refractivity contribution in [2.24, 2.45) is 5.73 Å². The van der Waals surface area contributed by atoms with Crippen molar-refractivity contribution in [3.8, 4) is 0 Å². The molecule has 0 spiro atoms. The van der Waals surface area contributed by atoms with Crippen LogP contribution in [0.2, 0.25) is 0 Å². The molecule has 5 N–H and O–H groups in total. The summed E-state index contributed by atoms with van der Waals surface area (Å²) in [5.74, 6) is -3.48. The van der Waals surface area contributed by atoms with Crippen LogP contribution in [0.15, 0.2) is 12.5 Å². The van der Waals surface area contributed by atoms with Crippen LogP contribution in [-0.4, -0.2) is 50.2 Å². The molecule has 1 atom stereocenters. The van der Waals surface area contributed by atoms with Gasteiger partial charge in [-0.05, 0) is 0 Å². The van der Waals surface area contributed by atoms with Crippen LogP contribution in [0.25, 0.3) is 0 Å². The minimum atomic E-state index is -1.50. The molecule has 1 aromatic heterocycles. The first-order valence-corrected chi connectivity index (χ1v) is 5.41. The second-order valence-electron chi connectivity index (χ2n) is 3.75. The number of hydrogen-bond acceptors (Lipinski definition) is 5. The minimum absolute atomic E-state index is 0.00471. The van der Waals surface area contributed by atoms with Gasteiger partial charge in [-0.25, -0.2) is 9.78 Å². The Bertz CT molecular complexity index is 484. The maximum absolute atomic E-state index is 11.7. The number of imidazole rings is 1. The molecule has 1 rings (SSSR count). The van der Waals surface area contributed by atoms with Crippen molar-refractivity contribution in [3.63, 3.8) is 0 Å². The van der Waals surface area contributed by atoms with E-state index in [4.69, 9.17) is 15.9 Å². The van der Waals surface area contributed by atoms with E-state index in [9.17, 15) is 14.4 Å². The fourth-order valence-corrected chi connectivity index (χ4v) is 1.36. The van der Waals surface area contributed by atoms with Crippen molar-refractivity contribution in [1.82, 2.24) is 14.9 Å². The van der Waals surface area contributed by atoms with Gasteiger partial charge in [0.1, 0.15) is 11.7 Å². The van der Waals surface area contributed by atoms with Gasteiger partial charge in [0.15, 0.2) is 0 Å². The normalized spacial score (nSPS) is 11.8. The number of carbonyl (C=O) groups excluding carboxylic acids is 1. The fourth-order valence-electron chi connectivity index (χ4n) is 1.36. The molecule has 0 saturated carbocycles. The standard InChI is InChI=1S/C10H14N4O5/c11-1-2-14-4-7(12-5-14)9(17)13-6(10(18)19)3-8(15)16/h4-6H,1-3,11H2,(H,13,17)(H,15,16)(H,18,19). The van der Waals surface area contributed by atoms with E-state index in [1.807, 2.05) is 0 Å². The van der Waals surface area contributed by atoms with Gasteiger partial charge in [-0.15, -0.1) is 0 Å². The predicted molar refractivity (Wildman–Crippen MR) is 62.4 cm³/mol. The molecule has 0 fully saturated rings. The van der Waals surface area contributed by atoms with Crippen molar-refractivity contribution >= 4 is 17.8 Å². The number of nitrogens with zero attached hydrogens (tertiary/aromatic N) is 2. The van der Waals surface area contributed by atoms with Gasteiger partial charge in [-0.2, -0.15) is 0 Å². The van der Waals surface area contributed by atoms with Gasteiger partial charge >= 0.3 is 11.9 Å². The molecule has 9 heteroatoms. The van der Waals surface area contributed by atoms with E-state index in [-0.39, 0.29) is 5.69 Å². The van der Waals surface area contributed by atoms with Gasteiger partial charge < -0.3 is 25.8 Å². The molecular weight excluding hydrogens is 256 g/mol. The van der Waals surface area contributed by atoms with Crippen LogP contribution in [0, 0.1) is 0 Å². The number of carbonyl (C=O) groups is 3. The van der Waals surface area contributed by atoms with E-state index in [1.165, 1.54) is 12.5 Å². The maximum Gasteiger partial charge on any atom is 0.326 e. The zero-order chi connectivity index (χ0) is 14.4. The lowest BCUT2D eigenvalue weighted by atomic mass is 10.2. The van der Waals surface area contributed by atoms with Crippen LogP contribution >= 0.6 is 0 Å². The highest BCUT2D eigenvalue weighted by Gasteiger charge is 2.24. The number of aromatic nitrogens is 2. The molecule has 0 aliphatic carbocycles. The Kier molecular flexibility index (Phi) is 5.01. The first-order chi connectivity index (χ1) is 8.93. The van der Waals surface area contributed by atoms with Crippen molar-refractivity contribution < 1.29 is 24.6 Å². The highest BCUT2D eigenvalue weighted by Crippen LogP contribution is 1.99. The second kappa shape index (κ2) is 6.50. The largest absolute Gasteiger partial charge is 0.481 e. The topological polar surface area (TPSA) is 148 Å². The molecule has 19 heavy (non-hydrogen) atoms. The molecule has 104 valence electrons. The Hall–Kier alpha value is -2.42. The second-order valence-corrected chi connectivity index (χ2v) is 3.75. The van der Waals surface area contributed by atoms with Crippen LogP contribution in [0.5, 0.6) is 0 Å². The summed E-state index contributed by atoms with van der Waals surface area (Å²) in [4.78, 5) is 36.7. The van der Waals surface area contributed by atoms with Crippen LogP contribution in [0.3, 0.4) is 0 Å². The molecule has 9 nitrogen and oxygen atoms in total. The Morgan fingerprint density at radius 3 is 2.63 bits per heavy atom. The summed E-state index contributed by atoms with van der Waals surface area (Å²) in [5, 5.41) is 19.4. The first-order valence-electron chi connectivity index (χ1n) is 5.41. The summed E-state index contributed by atoms with van der Waals surface area (Å²) in [6.45, 7) is 0.839. The van der Waals surface area contributed by atoms with Gasteiger partial charge in [0.25, 0.3) is 5.91 Å². The van der Waals surface area contributed by atoms with Crippen molar-refractivity contribution in [1.29, 1.82) is 0 Å². The Morgan fingerprint density at radius 2 is 2.11 bits per heavy atom. The van der Waals surface area contributed by atoms with Crippen LogP contribution < -0.4 is 11.1 Å². The summed E-state index contributed by atoms with van der Waals surface area (Å²) in [7, 11) is 0. The summed E-state index contributed by atoms with van der Waals surface area (Å²) in [5.41, 5.74) is 5.33. The molecular formula is C10H14N4O5. The zero-order valence-corrected chi connectivity index (χ0v) is 9.94. The molecule has 1 unspecified atom stereocenters. The Labute approximate surface area is 108 Å². The highest BCUT2D eigenvalue weighted by molar-refractivity contribution is 5.95. The monoisotopic (exact) mass is 270 g/mol. The molecule has 0 aromatic carbocycles. The maximum atomic E-state index is 11.7. The van der Waals surface area contributed by atoms with Gasteiger partial charge in [0, 0.05) is 19.3 Å². The molecule has 0 aliphatic heterocycles. The van der Waals surface area contributed by atoms with Crippen molar-refractivity contribution in [3.05, 3.63) is 18.2 Å². The summed E-state index contributed by atoms with van der Waals surface area (Å²) in [6.07, 6.45) is 2.08. The number of hydrogen-bond donors (Lipinski definition) is 4. The van der Waals surface area contributed by atoms with Crippen molar-refractivity contribution in [2.75, 3.05) is 6.54 Å². The molecule has 1 aromatic rings. The summed E-state index contributed by atoms with van der Waals surface area (Å²) in [6, 6.07) is -1.50. The van der Waals surface area contributed by atoms with Crippen LogP contribution in [0.1, 0.15) is 16.9 Å². The van der Waals surface area contributed by atoms with Gasteiger partial charge in [-0.3, -0.25) is 9.59 Å². The van der Waals surface area contributed by atoms with Gasteiger partial charge in [0.05, 0.1) is 12.7 Å². The molecule has 1 amide bonds. The third-order valence-electron chi connectivity index (χ3n) is 2.24. The quantitative estimate of drug-likeness (QED) is 0.471. The Balaban J connectivity index is 2.70. The SMILES string of the molecule is NCCn1cnc(C(=O)NC(CC(=O)O)C(=O)O)c1. The molecule has 1 heterocycles. The van der Waals surface area contributed by atoms with Gasteiger partial charge in [-0.1, -0.05) is 0 Å². The minimum Gasteiger partial charge on any atom is -0.481 e. The molecule has 0 radical (unpaired) electrons. The lowest BCUT2D eigenvalue weighted by molar-refractivity contribution is -0.145. The number of nitrogens with two attached hydrogens (primary N) is 1. The van der Waals surface area contributed by atoms with E-state index in [2.05, 4.69) is 10.3 Å². The fraction of sp³-hybridized carbons (Fsp3) is 0.400. The molecule has 0 saturated heterocycles. The lowest BCUT2D eigenvalue weighted by Gasteiger charge is -2.10. The average molecular weight is 270 g/mol. The zero-order valence-electron chi connectivity index (χ0n) is 9.94. The van der Waals surface area contributed by atoms with Crippen LogP contribution in [-0.2, 0) is 16.1 Å². The number of carboxylic acid groups (broad SMARTS) is 2. The lowest BCUT2D eigenvalue weighted by Crippen LogP contribution is -2.42. The number of amides is 1. The predicted octanol–water partition coefficient (Wildman–Crippen LogP) is -1.50. The Morgan fingerprint density at radius 1 is 1.42 bits per heavy atom. The number of rotatable bonds is 7. The molecule has 0 bridgehead atoms. The van der Waals surface area contributed by atoms with E-state index in [1.54, 1.807) is 4.57 Å². The van der Waals surface area contributed by atoms with Crippen LogP contribution in [0.4, 0.5) is 0 Å². The third-order valence-corrected chi connectivity index (χ3v) is 2.24. The summed E-state index contributed by atoms with van der Waals surface area (Å²) < 4.78 is 1.57. The third kappa shape index (κ3) is 4.39. The average Bonchev–Trinajstić information content (AvgIpc) is 2.76. The van der Waals surface area contributed by atoms with E-state index < -0.39 is 30.3 Å². The number of carboxylic acids is 2. The highest BCUT2D eigenvalue weighted by atomic mass is 16.4. The van der Waals surface area contributed by atoms with E-state index in [0.717, 1.165) is 0 Å². The van der Waals surface area contributed by atoms with Gasteiger partial charge in [0.2, 0.25) is 0 Å². The number of nitrogens with one attached hydrogen (secondary N) is 1. The summed E-state index contributed by atoms with van der Waals surface area (Å²) >= 11 is 0. The molecule has 0 aliphatic rings. The first kappa shape index (κ1) is 14.6. The van der Waals surface area contributed by atoms with Crippen molar-refractivity contribution in [2.45, 2.75) is 19.0 Å². The number of aliphatic carboxylic acids is 2.